The van der Waals surface area contributed by atoms with Crippen molar-refractivity contribution in [2.24, 2.45) is 0 Å². The predicted molar refractivity (Wildman–Crippen MR) is 97.5 cm³/mol. The summed E-state index contributed by atoms with van der Waals surface area (Å²) in [5, 5.41) is 0. The first-order chi connectivity index (χ1) is 11.5. The lowest BCUT2D eigenvalue weighted by Gasteiger charge is -2.25. The Bertz CT molecular complexity index is 709. The first-order valence-corrected chi connectivity index (χ1v) is 9.09. The summed E-state index contributed by atoms with van der Waals surface area (Å²) in [6, 6.07) is 12.4. The molecule has 4 nitrogen and oxygen atoms in total. The zero-order chi connectivity index (χ0) is 17.1. The molecule has 1 fully saturated rings. The van der Waals surface area contributed by atoms with Crippen LogP contribution < -0.4 is 0 Å². The highest BCUT2D eigenvalue weighted by molar-refractivity contribution is 9.10. The maximum Gasteiger partial charge on any atom is 0.237 e. The topological polar surface area (TPSA) is 36.7 Å². The lowest BCUT2D eigenvalue weighted by atomic mass is 10.2. The van der Waals surface area contributed by atoms with Crippen molar-refractivity contribution in [2.75, 3.05) is 13.6 Å². The minimum Gasteiger partial charge on any atom is -0.464 e. The molecule has 3 rings (SSSR count). The molecule has 0 saturated heterocycles. The average molecular weight is 391 g/mol. The average Bonchev–Trinajstić information content (AvgIpc) is 3.29. The Morgan fingerprint density at radius 3 is 2.58 bits per heavy atom. The standard InChI is InChI=1S/C19H23BrN2O2/c1-14-7-10-17(24-14)12-22(16-8-9-16)19(23)13-21(2)11-15-5-3-4-6-18(15)20/h3-7,10,16H,8-9,11-13H2,1-2H3. The highest BCUT2D eigenvalue weighted by Crippen LogP contribution is 2.29. The minimum atomic E-state index is 0.168. The minimum absolute atomic E-state index is 0.168. The summed E-state index contributed by atoms with van der Waals surface area (Å²) in [7, 11) is 1.99. The number of nitrogens with zero attached hydrogens (tertiary/aromatic N) is 2. The van der Waals surface area contributed by atoms with E-state index in [1.54, 1.807) is 0 Å². The number of hydrogen-bond donors (Lipinski definition) is 0. The molecule has 0 radical (unpaired) electrons. The maximum atomic E-state index is 12.8. The fraction of sp³-hybridized carbons (Fsp3) is 0.421. The van der Waals surface area contributed by atoms with Crippen molar-refractivity contribution in [1.82, 2.24) is 9.80 Å². The van der Waals surface area contributed by atoms with Crippen LogP contribution in [0, 0.1) is 6.92 Å². The molecule has 0 unspecified atom stereocenters. The van der Waals surface area contributed by atoms with Gasteiger partial charge in [0.25, 0.3) is 0 Å². The van der Waals surface area contributed by atoms with Crippen LogP contribution in [-0.4, -0.2) is 35.3 Å². The molecule has 2 aromatic rings. The Kier molecular flexibility index (Phi) is 5.41. The quantitative estimate of drug-likeness (QED) is 0.717. The summed E-state index contributed by atoms with van der Waals surface area (Å²) in [6.45, 7) is 3.65. The van der Waals surface area contributed by atoms with E-state index in [4.69, 9.17) is 4.42 Å². The number of halogens is 1. The number of carbonyl (C=O) groups is 1. The number of amides is 1. The second kappa shape index (κ2) is 7.53. The molecule has 1 aliphatic carbocycles. The van der Waals surface area contributed by atoms with Gasteiger partial charge >= 0.3 is 0 Å². The largest absolute Gasteiger partial charge is 0.464 e. The Morgan fingerprint density at radius 1 is 1.21 bits per heavy atom. The van der Waals surface area contributed by atoms with Crippen molar-refractivity contribution in [2.45, 2.75) is 38.9 Å². The molecule has 0 atom stereocenters. The number of rotatable bonds is 7. The van der Waals surface area contributed by atoms with Crippen molar-refractivity contribution in [3.63, 3.8) is 0 Å². The van der Waals surface area contributed by atoms with Crippen LogP contribution in [0.15, 0.2) is 45.3 Å². The molecule has 128 valence electrons. The summed E-state index contributed by atoms with van der Waals surface area (Å²) in [5.74, 6) is 1.92. The van der Waals surface area contributed by atoms with Crippen LogP contribution in [-0.2, 0) is 17.9 Å². The smallest absolute Gasteiger partial charge is 0.237 e. The van der Waals surface area contributed by atoms with E-state index in [2.05, 4.69) is 26.9 Å². The van der Waals surface area contributed by atoms with Gasteiger partial charge in [0.05, 0.1) is 13.1 Å². The Labute approximate surface area is 151 Å². The maximum absolute atomic E-state index is 12.8. The molecule has 1 saturated carbocycles. The van der Waals surface area contributed by atoms with E-state index in [-0.39, 0.29) is 5.91 Å². The van der Waals surface area contributed by atoms with Gasteiger partial charge in [0.2, 0.25) is 5.91 Å². The van der Waals surface area contributed by atoms with E-state index in [0.29, 0.717) is 19.1 Å². The summed E-state index contributed by atoms with van der Waals surface area (Å²) in [6.07, 6.45) is 2.19. The highest BCUT2D eigenvalue weighted by Gasteiger charge is 2.33. The normalized spacial score (nSPS) is 14.2. The Balaban J connectivity index is 1.60. The fourth-order valence-electron chi connectivity index (χ4n) is 2.84. The molecule has 5 heteroatoms. The van der Waals surface area contributed by atoms with Crippen LogP contribution in [0.3, 0.4) is 0 Å². The lowest BCUT2D eigenvalue weighted by molar-refractivity contribution is -0.133. The van der Waals surface area contributed by atoms with Gasteiger partial charge in [-0.25, -0.2) is 0 Å². The highest BCUT2D eigenvalue weighted by atomic mass is 79.9. The third-order valence-electron chi connectivity index (χ3n) is 4.23. The van der Waals surface area contributed by atoms with E-state index >= 15 is 0 Å². The second-order valence-corrected chi connectivity index (χ2v) is 7.38. The predicted octanol–water partition coefficient (Wildman–Crippen LogP) is 3.97. The van der Waals surface area contributed by atoms with Crippen LogP contribution in [0.2, 0.25) is 0 Å². The van der Waals surface area contributed by atoms with Crippen molar-refractivity contribution in [3.8, 4) is 0 Å². The van der Waals surface area contributed by atoms with E-state index in [0.717, 1.165) is 35.4 Å². The van der Waals surface area contributed by atoms with Crippen molar-refractivity contribution >= 4 is 21.8 Å². The van der Waals surface area contributed by atoms with Crippen LogP contribution in [0.25, 0.3) is 0 Å². The molecule has 1 aromatic carbocycles. The zero-order valence-corrected chi connectivity index (χ0v) is 15.8. The number of benzene rings is 1. The van der Waals surface area contributed by atoms with E-state index in [1.807, 2.05) is 49.2 Å². The lowest BCUT2D eigenvalue weighted by Crippen LogP contribution is -2.39. The van der Waals surface area contributed by atoms with E-state index < -0.39 is 0 Å². The van der Waals surface area contributed by atoms with Gasteiger partial charge in [-0.15, -0.1) is 0 Å². The molecule has 0 spiro atoms. The monoisotopic (exact) mass is 390 g/mol. The summed E-state index contributed by atoms with van der Waals surface area (Å²) in [4.78, 5) is 16.8. The first kappa shape index (κ1) is 17.2. The zero-order valence-electron chi connectivity index (χ0n) is 14.2. The van der Waals surface area contributed by atoms with Gasteiger partial charge in [-0.1, -0.05) is 34.1 Å². The Morgan fingerprint density at radius 2 is 1.96 bits per heavy atom. The van der Waals surface area contributed by atoms with Gasteiger partial charge in [-0.05, 0) is 50.6 Å². The first-order valence-electron chi connectivity index (χ1n) is 8.29. The van der Waals surface area contributed by atoms with Gasteiger partial charge in [-0.3, -0.25) is 9.69 Å². The van der Waals surface area contributed by atoms with Crippen molar-refractivity contribution in [1.29, 1.82) is 0 Å². The molecule has 1 heterocycles. The number of carbonyl (C=O) groups excluding carboxylic acids is 1. The van der Waals surface area contributed by atoms with Crippen molar-refractivity contribution in [3.05, 3.63) is 58.0 Å². The van der Waals surface area contributed by atoms with Gasteiger partial charge in [0, 0.05) is 17.1 Å². The molecule has 1 aromatic heterocycles. The molecular formula is C19H23BrN2O2. The molecule has 0 N–H and O–H groups in total. The Hall–Kier alpha value is -1.59. The van der Waals surface area contributed by atoms with Gasteiger partial charge < -0.3 is 9.32 Å². The number of aryl methyl sites for hydroxylation is 1. The van der Waals surface area contributed by atoms with Crippen LogP contribution in [0.4, 0.5) is 0 Å². The van der Waals surface area contributed by atoms with E-state index in [9.17, 15) is 4.79 Å². The molecule has 0 bridgehead atoms. The molecule has 1 aliphatic rings. The van der Waals surface area contributed by atoms with Crippen LogP contribution in [0.1, 0.15) is 29.9 Å². The van der Waals surface area contributed by atoms with Crippen LogP contribution in [0.5, 0.6) is 0 Å². The molecule has 1 amide bonds. The van der Waals surface area contributed by atoms with Crippen molar-refractivity contribution < 1.29 is 9.21 Å². The molecule has 0 aliphatic heterocycles. The van der Waals surface area contributed by atoms with E-state index in [1.165, 1.54) is 5.56 Å². The summed E-state index contributed by atoms with van der Waals surface area (Å²) >= 11 is 3.57. The third kappa shape index (κ3) is 4.48. The van der Waals surface area contributed by atoms with Gasteiger partial charge in [-0.2, -0.15) is 0 Å². The fourth-order valence-corrected chi connectivity index (χ4v) is 3.25. The molecular weight excluding hydrogens is 368 g/mol. The number of hydrogen-bond acceptors (Lipinski definition) is 3. The number of likely N-dealkylation sites (N-methyl/N-ethyl adjacent to an activating group) is 1. The number of furan rings is 1. The third-order valence-corrected chi connectivity index (χ3v) is 5.01. The molecule has 24 heavy (non-hydrogen) atoms. The summed E-state index contributed by atoms with van der Waals surface area (Å²) < 4.78 is 6.72. The second-order valence-electron chi connectivity index (χ2n) is 6.53. The van der Waals surface area contributed by atoms with Crippen LogP contribution >= 0.6 is 15.9 Å². The summed E-state index contributed by atoms with van der Waals surface area (Å²) in [5.41, 5.74) is 1.19. The van der Waals surface area contributed by atoms with Gasteiger partial charge in [0.1, 0.15) is 11.5 Å². The SMILES string of the molecule is Cc1ccc(CN(C(=O)CN(C)Cc2ccccc2Br)C2CC2)o1. The van der Waals surface area contributed by atoms with Gasteiger partial charge in [0.15, 0.2) is 0 Å².